The van der Waals surface area contributed by atoms with Crippen molar-refractivity contribution in [3.63, 3.8) is 0 Å². The smallest absolute Gasteiger partial charge is 0.126 e. The van der Waals surface area contributed by atoms with Crippen LogP contribution >= 0.6 is 27.5 Å². The molecular formula is C14H12BrClFN. The highest BCUT2D eigenvalue weighted by atomic mass is 79.9. The Morgan fingerprint density at radius 2 is 2.00 bits per heavy atom. The average Bonchev–Trinajstić information content (AvgIpc) is 2.32. The molecule has 0 fully saturated rings. The lowest BCUT2D eigenvalue weighted by atomic mass is 10.2. The quantitative estimate of drug-likeness (QED) is 0.820. The molecule has 0 aromatic heterocycles. The van der Waals surface area contributed by atoms with Gasteiger partial charge in [0.2, 0.25) is 0 Å². The van der Waals surface area contributed by atoms with E-state index in [0.29, 0.717) is 17.1 Å². The largest absolute Gasteiger partial charge is 0.381 e. The Kier molecular flexibility index (Phi) is 4.25. The van der Waals surface area contributed by atoms with E-state index in [1.54, 1.807) is 19.1 Å². The van der Waals surface area contributed by atoms with Crippen LogP contribution < -0.4 is 5.32 Å². The van der Waals surface area contributed by atoms with E-state index >= 15 is 0 Å². The molecule has 2 aromatic carbocycles. The summed E-state index contributed by atoms with van der Waals surface area (Å²) in [6, 6.07) is 10.7. The molecule has 18 heavy (non-hydrogen) atoms. The third-order valence-corrected chi connectivity index (χ3v) is 3.50. The highest BCUT2D eigenvalue weighted by molar-refractivity contribution is 9.10. The first kappa shape index (κ1) is 13.4. The number of nitrogens with one attached hydrogen (secondary N) is 1. The summed E-state index contributed by atoms with van der Waals surface area (Å²) in [6.45, 7) is 2.35. The van der Waals surface area contributed by atoms with Crippen LogP contribution in [0.1, 0.15) is 11.1 Å². The predicted molar refractivity (Wildman–Crippen MR) is 77.6 cm³/mol. The average molecular weight is 329 g/mol. The fourth-order valence-corrected chi connectivity index (χ4v) is 2.36. The van der Waals surface area contributed by atoms with E-state index in [1.165, 1.54) is 6.07 Å². The topological polar surface area (TPSA) is 12.0 Å². The van der Waals surface area contributed by atoms with Crippen LogP contribution in [0.4, 0.5) is 10.1 Å². The number of aryl methyl sites for hydroxylation is 1. The van der Waals surface area contributed by atoms with Crippen LogP contribution in [0.15, 0.2) is 40.9 Å². The second-order valence-electron chi connectivity index (χ2n) is 4.05. The van der Waals surface area contributed by atoms with E-state index in [1.807, 2.05) is 18.2 Å². The van der Waals surface area contributed by atoms with Crippen LogP contribution in [0.25, 0.3) is 0 Å². The zero-order chi connectivity index (χ0) is 13.1. The van der Waals surface area contributed by atoms with Crippen LogP contribution in [0.3, 0.4) is 0 Å². The Bertz CT molecular complexity index is 572. The standard InChI is InChI=1S/C14H12BrClFN/c1-9-6-12(4-5-14(9)17)18-8-10-2-3-11(15)7-13(10)16/h2-7,18H,8H2,1H3. The van der Waals surface area contributed by atoms with Crippen molar-refractivity contribution in [2.45, 2.75) is 13.5 Å². The minimum Gasteiger partial charge on any atom is -0.381 e. The molecule has 0 amide bonds. The Balaban J connectivity index is 2.09. The highest BCUT2D eigenvalue weighted by Crippen LogP contribution is 2.22. The van der Waals surface area contributed by atoms with Gasteiger partial charge in [0.1, 0.15) is 5.82 Å². The highest BCUT2D eigenvalue weighted by Gasteiger charge is 2.02. The van der Waals surface area contributed by atoms with Crippen LogP contribution in [-0.4, -0.2) is 0 Å². The minimum atomic E-state index is -0.192. The van der Waals surface area contributed by atoms with E-state index in [4.69, 9.17) is 11.6 Å². The molecule has 0 aliphatic rings. The van der Waals surface area contributed by atoms with E-state index in [9.17, 15) is 4.39 Å². The molecule has 0 unspecified atom stereocenters. The van der Waals surface area contributed by atoms with Gasteiger partial charge in [-0.3, -0.25) is 0 Å². The molecule has 0 atom stereocenters. The maximum Gasteiger partial charge on any atom is 0.126 e. The zero-order valence-electron chi connectivity index (χ0n) is 9.81. The minimum absolute atomic E-state index is 0.192. The first-order valence-electron chi connectivity index (χ1n) is 5.50. The molecule has 0 heterocycles. The third kappa shape index (κ3) is 3.24. The van der Waals surface area contributed by atoms with Gasteiger partial charge in [-0.15, -0.1) is 0 Å². The Morgan fingerprint density at radius 3 is 2.67 bits per heavy atom. The summed E-state index contributed by atoms with van der Waals surface area (Å²) < 4.78 is 14.1. The Labute approximate surface area is 119 Å². The first-order chi connectivity index (χ1) is 8.56. The monoisotopic (exact) mass is 327 g/mol. The second kappa shape index (κ2) is 5.72. The van der Waals surface area contributed by atoms with Gasteiger partial charge in [0.05, 0.1) is 0 Å². The van der Waals surface area contributed by atoms with E-state index in [-0.39, 0.29) is 5.82 Å². The molecule has 0 bridgehead atoms. The Morgan fingerprint density at radius 1 is 1.22 bits per heavy atom. The molecular weight excluding hydrogens is 317 g/mol. The summed E-state index contributed by atoms with van der Waals surface area (Å²) in [6.07, 6.45) is 0. The summed E-state index contributed by atoms with van der Waals surface area (Å²) in [5, 5.41) is 3.93. The number of rotatable bonds is 3. The second-order valence-corrected chi connectivity index (χ2v) is 5.38. The van der Waals surface area contributed by atoms with Crippen molar-refractivity contribution in [1.82, 2.24) is 0 Å². The van der Waals surface area contributed by atoms with E-state index in [0.717, 1.165) is 15.7 Å². The maximum absolute atomic E-state index is 13.1. The van der Waals surface area contributed by atoms with Crippen LogP contribution in [-0.2, 0) is 6.54 Å². The predicted octanol–water partition coefficient (Wildman–Crippen LogP) is 5.16. The molecule has 0 saturated heterocycles. The van der Waals surface area contributed by atoms with Crippen molar-refractivity contribution < 1.29 is 4.39 Å². The Hall–Kier alpha value is -1.06. The first-order valence-corrected chi connectivity index (χ1v) is 6.67. The molecule has 0 aliphatic heterocycles. The number of benzene rings is 2. The van der Waals surface area contributed by atoms with Gasteiger partial charge in [0, 0.05) is 21.7 Å². The molecule has 4 heteroatoms. The summed E-state index contributed by atoms with van der Waals surface area (Å²) in [4.78, 5) is 0. The van der Waals surface area contributed by atoms with Crippen LogP contribution in [0.5, 0.6) is 0 Å². The molecule has 1 N–H and O–H groups in total. The summed E-state index contributed by atoms with van der Waals surface area (Å²) in [7, 11) is 0. The fraction of sp³-hybridized carbons (Fsp3) is 0.143. The SMILES string of the molecule is Cc1cc(NCc2ccc(Br)cc2Cl)ccc1F. The molecule has 0 spiro atoms. The molecule has 2 rings (SSSR count). The van der Waals surface area contributed by atoms with Crippen molar-refractivity contribution in [2.75, 3.05) is 5.32 Å². The lowest BCUT2D eigenvalue weighted by Crippen LogP contribution is -2.00. The van der Waals surface area contributed by atoms with Crippen LogP contribution in [0, 0.1) is 12.7 Å². The molecule has 0 aliphatic carbocycles. The molecule has 0 radical (unpaired) electrons. The van der Waals surface area contributed by atoms with Crippen molar-refractivity contribution in [2.24, 2.45) is 0 Å². The van der Waals surface area contributed by atoms with E-state index < -0.39 is 0 Å². The van der Waals surface area contributed by atoms with Gasteiger partial charge >= 0.3 is 0 Å². The van der Waals surface area contributed by atoms with Crippen molar-refractivity contribution in [3.05, 3.63) is 62.8 Å². The zero-order valence-corrected chi connectivity index (χ0v) is 12.1. The van der Waals surface area contributed by atoms with Crippen molar-refractivity contribution in [3.8, 4) is 0 Å². The molecule has 1 nitrogen and oxygen atoms in total. The van der Waals surface area contributed by atoms with Gasteiger partial charge in [-0.2, -0.15) is 0 Å². The van der Waals surface area contributed by atoms with Gasteiger partial charge in [-0.1, -0.05) is 33.6 Å². The van der Waals surface area contributed by atoms with Gasteiger partial charge in [0.15, 0.2) is 0 Å². The van der Waals surface area contributed by atoms with Crippen molar-refractivity contribution in [1.29, 1.82) is 0 Å². The summed E-state index contributed by atoms with van der Waals surface area (Å²) in [5.41, 5.74) is 2.51. The van der Waals surface area contributed by atoms with Gasteiger partial charge in [-0.25, -0.2) is 4.39 Å². The maximum atomic E-state index is 13.1. The molecule has 0 saturated carbocycles. The molecule has 2 aromatic rings. The summed E-state index contributed by atoms with van der Waals surface area (Å²) >= 11 is 9.49. The lowest BCUT2D eigenvalue weighted by Gasteiger charge is -2.09. The number of halogens is 3. The van der Waals surface area contributed by atoms with Crippen molar-refractivity contribution >= 4 is 33.2 Å². The van der Waals surface area contributed by atoms with Crippen LogP contribution in [0.2, 0.25) is 5.02 Å². The number of anilines is 1. The normalized spacial score (nSPS) is 10.4. The van der Waals surface area contributed by atoms with Gasteiger partial charge in [0.25, 0.3) is 0 Å². The van der Waals surface area contributed by atoms with Gasteiger partial charge < -0.3 is 5.32 Å². The van der Waals surface area contributed by atoms with Gasteiger partial charge in [-0.05, 0) is 48.4 Å². The summed E-state index contributed by atoms with van der Waals surface area (Å²) in [5.74, 6) is -0.192. The lowest BCUT2D eigenvalue weighted by molar-refractivity contribution is 0.618. The molecule has 94 valence electrons. The number of hydrogen-bond acceptors (Lipinski definition) is 1. The van der Waals surface area contributed by atoms with E-state index in [2.05, 4.69) is 21.2 Å². The third-order valence-electron chi connectivity index (χ3n) is 2.66. The fourth-order valence-electron chi connectivity index (χ4n) is 1.62. The number of hydrogen-bond donors (Lipinski definition) is 1.